The summed E-state index contributed by atoms with van der Waals surface area (Å²) < 4.78 is 29.4. The number of piperidine rings is 1. The SMILES string of the molecule is Cc1ccc(-c2cc3c(cc2-c2ccc(C#N)cc2)c(C(=O)N2CCC(N)CC2)cn3S(=O)(=O)c2ccc(C#N)cc2)cc1. The zero-order chi connectivity index (χ0) is 31.0. The summed E-state index contributed by atoms with van der Waals surface area (Å²) in [6.45, 7) is 2.97. The van der Waals surface area contributed by atoms with Crippen molar-refractivity contribution in [1.29, 1.82) is 10.5 Å². The van der Waals surface area contributed by atoms with Gasteiger partial charge in [0.2, 0.25) is 0 Å². The van der Waals surface area contributed by atoms with E-state index in [0.29, 0.717) is 48.0 Å². The predicted molar refractivity (Wildman–Crippen MR) is 169 cm³/mol. The van der Waals surface area contributed by atoms with Crippen LogP contribution in [0.4, 0.5) is 0 Å². The van der Waals surface area contributed by atoms with Crippen LogP contribution in [0.25, 0.3) is 33.2 Å². The van der Waals surface area contributed by atoms with Crippen molar-refractivity contribution < 1.29 is 13.2 Å². The van der Waals surface area contributed by atoms with Gasteiger partial charge < -0.3 is 10.6 Å². The number of fused-ring (bicyclic) bond motifs is 1. The minimum Gasteiger partial charge on any atom is -0.338 e. The van der Waals surface area contributed by atoms with Gasteiger partial charge in [0, 0.05) is 30.7 Å². The average Bonchev–Trinajstić information content (AvgIpc) is 3.44. The number of hydrogen-bond donors (Lipinski definition) is 1. The van der Waals surface area contributed by atoms with E-state index in [4.69, 9.17) is 5.73 Å². The van der Waals surface area contributed by atoms with Gasteiger partial charge >= 0.3 is 0 Å². The standard InChI is InChI=1S/C35H29N5O3S/c1-23-2-8-26(9-3-23)31-19-34-32(18-30(31)27-10-4-24(20-36)5-11-27)33(35(41)39-16-14-28(38)15-17-39)22-40(34)44(42,43)29-12-6-25(21-37)7-13-29/h2-13,18-19,22,28H,14-17,38H2,1H3. The molecule has 1 aromatic heterocycles. The van der Waals surface area contributed by atoms with Crippen molar-refractivity contribution in [3.63, 3.8) is 0 Å². The van der Waals surface area contributed by atoms with Crippen LogP contribution < -0.4 is 5.73 Å². The molecule has 0 radical (unpaired) electrons. The molecule has 8 nitrogen and oxygen atoms in total. The number of hydrogen-bond acceptors (Lipinski definition) is 6. The van der Waals surface area contributed by atoms with E-state index in [0.717, 1.165) is 27.8 Å². The van der Waals surface area contributed by atoms with Crippen molar-refractivity contribution in [3.8, 4) is 34.4 Å². The molecular formula is C35H29N5O3S. The highest BCUT2D eigenvalue weighted by Crippen LogP contribution is 2.39. The zero-order valence-electron chi connectivity index (χ0n) is 24.1. The first-order chi connectivity index (χ1) is 21.2. The van der Waals surface area contributed by atoms with E-state index < -0.39 is 10.0 Å². The van der Waals surface area contributed by atoms with E-state index in [9.17, 15) is 23.7 Å². The van der Waals surface area contributed by atoms with Crippen molar-refractivity contribution in [1.82, 2.24) is 8.87 Å². The molecule has 1 aliphatic heterocycles. The number of aromatic nitrogens is 1. The topological polar surface area (TPSA) is 133 Å². The van der Waals surface area contributed by atoms with E-state index in [1.54, 1.807) is 17.0 Å². The summed E-state index contributed by atoms with van der Waals surface area (Å²) in [6, 6.07) is 28.7. The third-order valence-electron chi connectivity index (χ3n) is 8.19. The number of likely N-dealkylation sites (tertiary alicyclic amines) is 1. The Labute approximate surface area is 256 Å². The van der Waals surface area contributed by atoms with Gasteiger partial charge in [-0.1, -0.05) is 42.0 Å². The zero-order valence-corrected chi connectivity index (χ0v) is 24.9. The molecule has 0 bridgehead atoms. The molecule has 0 unspecified atom stereocenters. The van der Waals surface area contributed by atoms with Gasteiger partial charge in [0.25, 0.3) is 15.9 Å². The largest absolute Gasteiger partial charge is 0.338 e. The van der Waals surface area contributed by atoms with Gasteiger partial charge in [0.05, 0.1) is 39.2 Å². The number of aryl methyl sites for hydroxylation is 1. The number of amides is 1. The highest BCUT2D eigenvalue weighted by atomic mass is 32.2. The summed E-state index contributed by atoms with van der Waals surface area (Å²) in [5.74, 6) is -0.260. The summed E-state index contributed by atoms with van der Waals surface area (Å²) in [6.07, 6.45) is 2.75. The molecule has 0 atom stereocenters. The predicted octanol–water partition coefficient (Wildman–Crippen LogP) is 5.83. The third kappa shape index (κ3) is 5.24. The van der Waals surface area contributed by atoms with E-state index >= 15 is 0 Å². The Kier molecular flexibility index (Phi) is 7.52. The van der Waals surface area contributed by atoms with E-state index in [-0.39, 0.29) is 22.4 Å². The second-order valence-corrected chi connectivity index (χ2v) is 12.9. The lowest BCUT2D eigenvalue weighted by Gasteiger charge is -2.30. The fourth-order valence-corrected chi connectivity index (χ4v) is 7.00. The first-order valence-corrected chi connectivity index (χ1v) is 15.7. The smallest absolute Gasteiger partial charge is 0.268 e. The second-order valence-electron chi connectivity index (χ2n) is 11.1. The highest BCUT2D eigenvalue weighted by Gasteiger charge is 2.29. The summed E-state index contributed by atoms with van der Waals surface area (Å²) in [5, 5.41) is 19.1. The average molecular weight is 600 g/mol. The summed E-state index contributed by atoms with van der Waals surface area (Å²) in [7, 11) is -4.15. The Balaban J connectivity index is 1.63. The molecule has 218 valence electrons. The quantitative estimate of drug-likeness (QED) is 0.270. The van der Waals surface area contributed by atoms with Gasteiger partial charge in [-0.3, -0.25) is 4.79 Å². The Morgan fingerprint density at radius 1 is 0.818 bits per heavy atom. The molecule has 1 saturated heterocycles. The van der Waals surface area contributed by atoms with Crippen LogP contribution in [0, 0.1) is 29.6 Å². The summed E-state index contributed by atoms with van der Waals surface area (Å²) >= 11 is 0. The van der Waals surface area contributed by atoms with Crippen LogP contribution in [0.1, 0.15) is 39.9 Å². The number of nitrogens with zero attached hydrogens (tertiary/aromatic N) is 4. The molecule has 44 heavy (non-hydrogen) atoms. The molecule has 6 rings (SSSR count). The number of benzene rings is 4. The maximum absolute atomic E-state index is 14.1. The molecule has 0 spiro atoms. The van der Waals surface area contributed by atoms with Crippen molar-refractivity contribution in [2.24, 2.45) is 5.73 Å². The van der Waals surface area contributed by atoms with Crippen molar-refractivity contribution in [2.75, 3.05) is 13.1 Å². The number of carbonyl (C=O) groups is 1. The molecule has 1 aliphatic rings. The minimum absolute atomic E-state index is 0.00407. The molecule has 1 fully saturated rings. The lowest BCUT2D eigenvalue weighted by Crippen LogP contribution is -2.42. The minimum atomic E-state index is -4.15. The third-order valence-corrected chi connectivity index (χ3v) is 9.88. The van der Waals surface area contributed by atoms with Gasteiger partial charge in [-0.15, -0.1) is 0 Å². The van der Waals surface area contributed by atoms with Gasteiger partial charge in [-0.05, 0) is 90.6 Å². The normalized spacial score (nSPS) is 13.9. The van der Waals surface area contributed by atoms with Crippen LogP contribution in [0.15, 0.2) is 96.0 Å². The number of carbonyl (C=O) groups excluding carboxylic acids is 1. The maximum Gasteiger partial charge on any atom is 0.268 e. The monoisotopic (exact) mass is 599 g/mol. The maximum atomic E-state index is 14.1. The van der Waals surface area contributed by atoms with E-state index in [1.165, 1.54) is 34.4 Å². The van der Waals surface area contributed by atoms with Gasteiger partial charge in [-0.25, -0.2) is 12.4 Å². The number of rotatable bonds is 5. The molecule has 2 N–H and O–H groups in total. The fraction of sp³-hybridized carbons (Fsp3) is 0.171. The molecule has 1 amide bonds. The molecule has 0 aliphatic carbocycles. The first kappa shape index (κ1) is 28.9. The lowest BCUT2D eigenvalue weighted by atomic mass is 9.91. The number of nitrogens with two attached hydrogens (primary N) is 1. The van der Waals surface area contributed by atoms with Crippen molar-refractivity contribution in [2.45, 2.75) is 30.7 Å². The van der Waals surface area contributed by atoms with Crippen LogP contribution in [0.5, 0.6) is 0 Å². The Hall–Kier alpha value is -5.22. The van der Waals surface area contributed by atoms with Crippen molar-refractivity contribution in [3.05, 3.63) is 113 Å². The molecule has 0 saturated carbocycles. The van der Waals surface area contributed by atoms with Gasteiger partial charge in [-0.2, -0.15) is 10.5 Å². The highest BCUT2D eigenvalue weighted by molar-refractivity contribution is 7.90. The molecule has 4 aromatic carbocycles. The molecular weight excluding hydrogens is 570 g/mol. The van der Waals surface area contributed by atoms with Gasteiger partial charge in [0.1, 0.15) is 0 Å². The molecule has 9 heteroatoms. The molecule has 2 heterocycles. The van der Waals surface area contributed by atoms with E-state index in [1.807, 2.05) is 61.5 Å². The fourth-order valence-electron chi connectivity index (χ4n) is 5.63. The lowest BCUT2D eigenvalue weighted by molar-refractivity contribution is 0.0716. The summed E-state index contributed by atoms with van der Waals surface area (Å²) in [5.41, 5.74) is 12.0. The van der Waals surface area contributed by atoms with Crippen LogP contribution in [-0.4, -0.2) is 42.3 Å². The van der Waals surface area contributed by atoms with Crippen LogP contribution in [-0.2, 0) is 10.0 Å². The van der Waals surface area contributed by atoms with Crippen LogP contribution >= 0.6 is 0 Å². The summed E-state index contributed by atoms with van der Waals surface area (Å²) in [4.78, 5) is 15.7. The Morgan fingerprint density at radius 3 is 1.91 bits per heavy atom. The van der Waals surface area contributed by atoms with Crippen LogP contribution in [0.3, 0.4) is 0 Å². The van der Waals surface area contributed by atoms with Crippen LogP contribution in [0.2, 0.25) is 0 Å². The number of nitriles is 2. The Bertz CT molecular complexity index is 2080. The van der Waals surface area contributed by atoms with E-state index in [2.05, 4.69) is 6.07 Å². The Morgan fingerprint density at radius 2 is 1.34 bits per heavy atom. The second kappa shape index (κ2) is 11.5. The van der Waals surface area contributed by atoms with Crippen molar-refractivity contribution >= 4 is 26.8 Å². The molecule has 5 aromatic rings. The van der Waals surface area contributed by atoms with Gasteiger partial charge in [0.15, 0.2) is 0 Å². The first-order valence-electron chi connectivity index (χ1n) is 14.3.